The zero-order chi connectivity index (χ0) is 8.04. The molecule has 1 N–H and O–H groups in total. The second-order valence-electron chi connectivity index (χ2n) is 1.90. The van der Waals surface area contributed by atoms with E-state index in [9.17, 15) is 12.8 Å². The van der Waals surface area contributed by atoms with Gasteiger partial charge in [-0.2, -0.15) is 0 Å². The maximum atomic E-state index is 11.4. The van der Waals surface area contributed by atoms with E-state index in [1.54, 1.807) is 6.92 Å². The van der Waals surface area contributed by atoms with Crippen LogP contribution in [-0.2, 0) is 10.0 Å². The van der Waals surface area contributed by atoms with Crippen molar-refractivity contribution in [1.29, 1.82) is 0 Å². The van der Waals surface area contributed by atoms with Gasteiger partial charge in [-0.15, -0.1) is 0 Å². The van der Waals surface area contributed by atoms with Crippen molar-refractivity contribution < 1.29 is 12.8 Å². The predicted octanol–water partition coefficient (Wildman–Crippen LogP) is 0.285. The molecular weight excluding hydrogens is 157 g/mol. The second kappa shape index (κ2) is 4.62. The molecule has 0 aliphatic rings. The molecular formula is C5H12FNO2S. The van der Waals surface area contributed by atoms with Gasteiger partial charge in [0, 0.05) is 6.54 Å². The van der Waals surface area contributed by atoms with E-state index in [4.69, 9.17) is 0 Å². The Morgan fingerprint density at radius 2 is 2.10 bits per heavy atom. The van der Waals surface area contributed by atoms with E-state index in [-0.39, 0.29) is 12.3 Å². The van der Waals surface area contributed by atoms with E-state index < -0.39 is 16.7 Å². The molecule has 0 aliphatic heterocycles. The van der Waals surface area contributed by atoms with Gasteiger partial charge in [-0.05, 0) is 6.42 Å². The standard InChI is InChI=1S/C5H12FNO2S/c1-2-5-10(8,9)7-4-3-6/h7H,2-5H2,1H3. The zero-order valence-electron chi connectivity index (χ0n) is 5.93. The Balaban J connectivity index is 3.65. The molecule has 0 rings (SSSR count). The molecule has 10 heavy (non-hydrogen) atoms. The smallest absolute Gasteiger partial charge is 0.211 e. The monoisotopic (exact) mass is 169 g/mol. The van der Waals surface area contributed by atoms with Crippen molar-refractivity contribution in [2.75, 3.05) is 19.0 Å². The molecule has 0 unspecified atom stereocenters. The average molecular weight is 169 g/mol. The minimum Gasteiger partial charge on any atom is -0.250 e. The summed E-state index contributed by atoms with van der Waals surface area (Å²) < 4.78 is 35.0. The van der Waals surface area contributed by atoms with Gasteiger partial charge in [0.1, 0.15) is 6.67 Å². The number of rotatable bonds is 5. The second-order valence-corrected chi connectivity index (χ2v) is 3.83. The topological polar surface area (TPSA) is 46.2 Å². The van der Waals surface area contributed by atoms with Crippen molar-refractivity contribution in [3.8, 4) is 0 Å². The van der Waals surface area contributed by atoms with Crippen LogP contribution in [0.4, 0.5) is 4.39 Å². The van der Waals surface area contributed by atoms with Gasteiger partial charge in [-0.25, -0.2) is 17.5 Å². The first-order valence-electron chi connectivity index (χ1n) is 3.15. The van der Waals surface area contributed by atoms with E-state index in [0.29, 0.717) is 6.42 Å². The van der Waals surface area contributed by atoms with Gasteiger partial charge in [-0.3, -0.25) is 0 Å². The Kier molecular flexibility index (Phi) is 4.55. The molecule has 5 heteroatoms. The highest BCUT2D eigenvalue weighted by atomic mass is 32.2. The Morgan fingerprint density at radius 1 is 1.50 bits per heavy atom. The molecule has 0 aromatic carbocycles. The van der Waals surface area contributed by atoms with E-state index in [0.717, 1.165) is 0 Å². The Bertz CT molecular complexity index is 166. The molecule has 0 saturated carbocycles. The normalized spacial score (nSPS) is 11.8. The van der Waals surface area contributed by atoms with Crippen LogP contribution in [0.3, 0.4) is 0 Å². The molecule has 0 radical (unpaired) electrons. The summed E-state index contributed by atoms with van der Waals surface area (Å²) in [4.78, 5) is 0. The van der Waals surface area contributed by atoms with Gasteiger partial charge in [-0.1, -0.05) is 6.92 Å². The van der Waals surface area contributed by atoms with Crippen LogP contribution in [0.5, 0.6) is 0 Å². The van der Waals surface area contributed by atoms with Crippen LogP contribution >= 0.6 is 0 Å². The summed E-state index contributed by atoms with van der Waals surface area (Å²) >= 11 is 0. The summed E-state index contributed by atoms with van der Waals surface area (Å²) in [6.45, 7) is 1.000. The van der Waals surface area contributed by atoms with Crippen LogP contribution in [0.25, 0.3) is 0 Å². The third-order valence-corrected chi connectivity index (χ3v) is 2.48. The SMILES string of the molecule is CCCS(=O)(=O)NCCF. The van der Waals surface area contributed by atoms with E-state index in [1.807, 2.05) is 0 Å². The first-order valence-corrected chi connectivity index (χ1v) is 4.81. The Hall–Kier alpha value is -0.160. The summed E-state index contributed by atoms with van der Waals surface area (Å²) in [6, 6.07) is 0. The van der Waals surface area contributed by atoms with Crippen LogP contribution in [0.1, 0.15) is 13.3 Å². The van der Waals surface area contributed by atoms with Gasteiger partial charge in [0.25, 0.3) is 0 Å². The summed E-state index contributed by atoms with van der Waals surface area (Å²) in [6.07, 6.45) is 0.557. The molecule has 0 aromatic heterocycles. The van der Waals surface area contributed by atoms with Crippen LogP contribution in [0.2, 0.25) is 0 Å². The van der Waals surface area contributed by atoms with Crippen LogP contribution in [-0.4, -0.2) is 27.4 Å². The number of alkyl halides is 1. The van der Waals surface area contributed by atoms with Crippen molar-refractivity contribution >= 4 is 10.0 Å². The number of halogens is 1. The van der Waals surface area contributed by atoms with Crippen LogP contribution in [0.15, 0.2) is 0 Å². The summed E-state index contributed by atoms with van der Waals surface area (Å²) in [5.41, 5.74) is 0. The molecule has 0 heterocycles. The molecule has 0 aromatic rings. The number of nitrogens with one attached hydrogen (secondary N) is 1. The van der Waals surface area contributed by atoms with Crippen LogP contribution in [0, 0.1) is 0 Å². The van der Waals surface area contributed by atoms with Gasteiger partial charge in [0.05, 0.1) is 5.75 Å². The van der Waals surface area contributed by atoms with Gasteiger partial charge in [0.2, 0.25) is 10.0 Å². The number of sulfonamides is 1. The molecule has 0 fully saturated rings. The third-order valence-electron chi connectivity index (χ3n) is 0.889. The molecule has 0 atom stereocenters. The lowest BCUT2D eigenvalue weighted by Gasteiger charge is -2.00. The minimum absolute atomic E-state index is 0.0764. The first kappa shape index (κ1) is 9.84. The lowest BCUT2D eigenvalue weighted by atomic mass is 10.6. The lowest BCUT2D eigenvalue weighted by molar-refractivity contribution is 0.486. The lowest BCUT2D eigenvalue weighted by Crippen LogP contribution is -2.27. The van der Waals surface area contributed by atoms with E-state index >= 15 is 0 Å². The van der Waals surface area contributed by atoms with E-state index in [2.05, 4.69) is 4.72 Å². The number of hydrogen-bond donors (Lipinski definition) is 1. The largest absolute Gasteiger partial charge is 0.250 e. The Labute approximate surface area is 60.7 Å². The molecule has 3 nitrogen and oxygen atoms in total. The summed E-state index contributed by atoms with van der Waals surface area (Å²) in [7, 11) is -3.18. The minimum atomic E-state index is -3.18. The molecule has 0 saturated heterocycles. The van der Waals surface area contributed by atoms with Crippen molar-refractivity contribution in [1.82, 2.24) is 4.72 Å². The molecule has 0 amide bonds. The molecule has 0 bridgehead atoms. The third kappa shape index (κ3) is 4.69. The highest BCUT2D eigenvalue weighted by molar-refractivity contribution is 7.89. The average Bonchev–Trinajstić information content (AvgIpc) is 1.84. The fourth-order valence-electron chi connectivity index (χ4n) is 0.535. The molecule has 0 aliphatic carbocycles. The van der Waals surface area contributed by atoms with E-state index in [1.165, 1.54) is 0 Å². The predicted molar refractivity (Wildman–Crippen MR) is 38.1 cm³/mol. The maximum Gasteiger partial charge on any atom is 0.211 e. The van der Waals surface area contributed by atoms with Crippen LogP contribution < -0.4 is 4.72 Å². The Morgan fingerprint density at radius 3 is 2.50 bits per heavy atom. The summed E-state index contributed by atoms with van der Waals surface area (Å²) in [5, 5.41) is 0. The van der Waals surface area contributed by atoms with Crippen molar-refractivity contribution in [2.24, 2.45) is 0 Å². The highest BCUT2D eigenvalue weighted by Crippen LogP contribution is 1.86. The summed E-state index contributed by atoms with van der Waals surface area (Å²) in [5.74, 6) is 0.0764. The highest BCUT2D eigenvalue weighted by Gasteiger charge is 2.05. The zero-order valence-corrected chi connectivity index (χ0v) is 6.75. The molecule has 62 valence electrons. The first-order chi connectivity index (χ1) is 4.62. The van der Waals surface area contributed by atoms with Gasteiger partial charge in [0.15, 0.2) is 0 Å². The quantitative estimate of drug-likeness (QED) is 0.642. The number of hydrogen-bond acceptors (Lipinski definition) is 2. The van der Waals surface area contributed by atoms with Gasteiger partial charge >= 0.3 is 0 Å². The fraction of sp³-hybridized carbons (Fsp3) is 1.00. The van der Waals surface area contributed by atoms with Crippen molar-refractivity contribution in [2.45, 2.75) is 13.3 Å². The molecule has 0 spiro atoms. The van der Waals surface area contributed by atoms with Crippen molar-refractivity contribution in [3.63, 3.8) is 0 Å². The maximum absolute atomic E-state index is 11.4. The fourth-order valence-corrected chi connectivity index (χ4v) is 1.60. The van der Waals surface area contributed by atoms with Crippen molar-refractivity contribution in [3.05, 3.63) is 0 Å². The van der Waals surface area contributed by atoms with Gasteiger partial charge < -0.3 is 0 Å².